The molecule has 1 aromatic rings. The van der Waals surface area contributed by atoms with E-state index in [1.807, 2.05) is 0 Å². The van der Waals surface area contributed by atoms with Crippen molar-refractivity contribution in [1.82, 2.24) is 14.8 Å². The number of likely N-dealkylation sites (tertiary alicyclic amines) is 2. The highest BCUT2D eigenvalue weighted by atomic mass is 16.5. The van der Waals surface area contributed by atoms with Gasteiger partial charge in [0.05, 0.1) is 30.0 Å². The number of hydrogen-bond donors (Lipinski definition) is 1. The number of hydrogen-bond acceptors (Lipinski definition) is 10. The molecule has 42 heavy (non-hydrogen) atoms. The topological polar surface area (TPSA) is 162 Å². The van der Waals surface area contributed by atoms with Crippen molar-refractivity contribution < 1.29 is 33.1 Å². The Morgan fingerprint density at radius 3 is 2.10 bits per heavy atom. The minimum atomic E-state index is -0.824. The van der Waals surface area contributed by atoms with E-state index in [0.717, 1.165) is 0 Å². The first-order valence-corrected chi connectivity index (χ1v) is 14.2. The number of rotatable bonds is 6. The van der Waals surface area contributed by atoms with Crippen LogP contribution in [0.3, 0.4) is 0 Å². The molecule has 2 fully saturated rings. The van der Waals surface area contributed by atoms with Crippen LogP contribution in [0, 0.1) is 13.8 Å². The molecule has 0 aromatic heterocycles. The van der Waals surface area contributed by atoms with Crippen LogP contribution in [0.25, 0.3) is 22.6 Å². The molecule has 12 heteroatoms. The number of nitrogens with two attached hydrogens (primary N) is 1. The minimum Gasteiger partial charge on any atom is -0.464 e. The van der Waals surface area contributed by atoms with Crippen molar-refractivity contribution in [3.05, 3.63) is 44.6 Å². The lowest BCUT2D eigenvalue weighted by molar-refractivity contribution is -0.148. The summed E-state index contributed by atoms with van der Waals surface area (Å²) in [5.41, 5.74) is 6.60. The molecule has 2 amide bonds. The lowest BCUT2D eigenvalue weighted by atomic mass is 9.99. The zero-order chi connectivity index (χ0) is 30.3. The lowest BCUT2D eigenvalue weighted by Gasteiger charge is -2.26. The van der Waals surface area contributed by atoms with Gasteiger partial charge >= 0.3 is 11.9 Å². The molecule has 1 aliphatic carbocycles. The van der Waals surface area contributed by atoms with Crippen molar-refractivity contribution in [1.29, 1.82) is 0 Å². The Morgan fingerprint density at radius 1 is 0.952 bits per heavy atom. The number of nitrogen functional groups attached to an aromatic ring is 1. The van der Waals surface area contributed by atoms with Crippen LogP contribution in [-0.4, -0.2) is 76.9 Å². The smallest absolute Gasteiger partial charge is 0.328 e. The lowest BCUT2D eigenvalue weighted by Crippen LogP contribution is -2.42. The molecule has 1 aromatic carbocycles. The van der Waals surface area contributed by atoms with Gasteiger partial charge in [-0.25, -0.2) is 14.6 Å². The molecule has 222 valence electrons. The summed E-state index contributed by atoms with van der Waals surface area (Å²) < 4.78 is 16.6. The van der Waals surface area contributed by atoms with Crippen LogP contribution in [0.15, 0.2) is 21.3 Å². The van der Waals surface area contributed by atoms with Crippen LogP contribution in [0.1, 0.15) is 71.4 Å². The molecule has 12 nitrogen and oxygen atoms in total. The van der Waals surface area contributed by atoms with Gasteiger partial charge in [0.25, 0.3) is 11.8 Å². The van der Waals surface area contributed by atoms with E-state index in [0.29, 0.717) is 37.8 Å². The van der Waals surface area contributed by atoms with E-state index in [4.69, 9.17) is 24.6 Å². The van der Waals surface area contributed by atoms with Gasteiger partial charge < -0.3 is 29.4 Å². The Balaban J connectivity index is 1.69. The Labute approximate surface area is 242 Å². The predicted octanol–water partition coefficient (Wildman–Crippen LogP) is 2.83. The van der Waals surface area contributed by atoms with Crippen molar-refractivity contribution in [2.24, 2.45) is 0 Å². The van der Waals surface area contributed by atoms with Crippen LogP contribution >= 0.6 is 0 Å². The zero-order valence-electron chi connectivity index (χ0n) is 24.2. The first-order valence-electron chi connectivity index (χ1n) is 14.2. The van der Waals surface area contributed by atoms with Crippen molar-refractivity contribution in [2.45, 2.75) is 65.5 Å². The molecule has 0 radical (unpaired) electrons. The van der Waals surface area contributed by atoms with Gasteiger partial charge in [0.1, 0.15) is 23.3 Å². The quantitative estimate of drug-likeness (QED) is 0.261. The molecule has 3 heterocycles. The molecule has 2 saturated heterocycles. The normalized spacial score (nSPS) is 18.6. The summed E-state index contributed by atoms with van der Waals surface area (Å²) >= 11 is 0. The average molecular weight is 579 g/mol. The molecule has 0 bridgehead atoms. The highest BCUT2D eigenvalue weighted by Gasteiger charge is 2.40. The first-order chi connectivity index (χ1) is 20.1. The van der Waals surface area contributed by atoms with E-state index in [1.54, 1.807) is 32.9 Å². The summed E-state index contributed by atoms with van der Waals surface area (Å²) in [4.78, 5) is 73.8. The van der Waals surface area contributed by atoms with Gasteiger partial charge in [0.2, 0.25) is 5.43 Å². The Kier molecular flexibility index (Phi) is 7.89. The van der Waals surface area contributed by atoms with E-state index in [1.165, 1.54) is 16.7 Å². The van der Waals surface area contributed by atoms with Crippen LogP contribution in [0.5, 0.6) is 0 Å². The summed E-state index contributed by atoms with van der Waals surface area (Å²) in [6, 6.07) is 1.76. The van der Waals surface area contributed by atoms with Gasteiger partial charge in [-0.1, -0.05) is 6.07 Å². The minimum absolute atomic E-state index is 0.0135. The number of anilines is 1. The van der Waals surface area contributed by atoms with Gasteiger partial charge in [-0.15, -0.1) is 0 Å². The second kappa shape index (κ2) is 11.4. The molecule has 2 atom stereocenters. The van der Waals surface area contributed by atoms with Crippen LogP contribution in [-0.2, 0) is 19.1 Å². The third kappa shape index (κ3) is 4.74. The number of fused-ring (bicyclic) bond motifs is 2. The number of carbonyl (C=O) groups is 4. The average Bonchev–Trinajstić information content (AvgIpc) is 3.66. The molecule has 4 aliphatic rings. The molecule has 2 unspecified atom stereocenters. The van der Waals surface area contributed by atoms with Crippen LogP contribution in [0.4, 0.5) is 5.69 Å². The Hall–Kier alpha value is -4.48. The fourth-order valence-electron chi connectivity index (χ4n) is 5.87. The second-order valence-corrected chi connectivity index (χ2v) is 10.6. The van der Waals surface area contributed by atoms with E-state index >= 15 is 0 Å². The van der Waals surface area contributed by atoms with E-state index in [9.17, 15) is 24.0 Å². The molecular formula is C30H34N4O8. The van der Waals surface area contributed by atoms with Crippen LogP contribution < -0.4 is 11.2 Å². The molecular weight excluding hydrogens is 544 g/mol. The van der Waals surface area contributed by atoms with Gasteiger partial charge in [0.15, 0.2) is 11.3 Å². The third-order valence-electron chi connectivity index (χ3n) is 7.99. The third-order valence-corrected chi connectivity index (χ3v) is 7.99. The fourth-order valence-corrected chi connectivity index (χ4v) is 5.87. The van der Waals surface area contributed by atoms with E-state index in [2.05, 4.69) is 0 Å². The molecule has 2 N–H and O–H groups in total. The summed E-state index contributed by atoms with van der Waals surface area (Å²) in [5.74, 6) is -2.01. The van der Waals surface area contributed by atoms with Gasteiger partial charge in [-0.3, -0.25) is 14.4 Å². The molecule has 3 aliphatic heterocycles. The number of nitrogens with zero attached hydrogens (tertiary/aromatic N) is 3. The zero-order valence-corrected chi connectivity index (χ0v) is 24.2. The molecule has 5 rings (SSSR count). The van der Waals surface area contributed by atoms with Gasteiger partial charge in [-0.05, 0) is 65.0 Å². The number of ether oxygens (including phenoxy) is 2. The summed E-state index contributed by atoms with van der Waals surface area (Å²) in [5, 5.41) is 0. The number of amides is 2. The second-order valence-electron chi connectivity index (χ2n) is 10.6. The Bertz CT molecular complexity index is 1630. The predicted molar refractivity (Wildman–Crippen MR) is 152 cm³/mol. The maximum Gasteiger partial charge on any atom is 0.328 e. The number of aromatic nitrogens is 1. The maximum atomic E-state index is 14.0. The fraction of sp³-hybridized carbons (Fsp3) is 0.467. The number of benzene rings is 2. The number of esters is 2. The van der Waals surface area contributed by atoms with Gasteiger partial charge in [0, 0.05) is 18.7 Å². The highest BCUT2D eigenvalue weighted by molar-refractivity contribution is 6.09. The molecule has 0 saturated carbocycles. The SMILES string of the molecule is CCOC(=O)C1CCCN1C(=O)c1c2nc3c(C(=O)N4CCCC4C(=O)OCC)ccc(C)c3oc-2c(C)c(=O)c1N. The maximum absolute atomic E-state index is 14.0. The standard InChI is InChI=1S/C30H34N4O8/c1-5-40-29(38)18-9-7-13-33(18)27(36)17-12-11-15(3)25-22(17)32-23-20(21(31)24(35)16(4)26(23)42-25)28(37)34-14-8-10-19(34)30(39)41-6-2/h11-12,18-19H,5-10,13-14,31H2,1-4H3. The number of aryl methyl sites for hydroxylation is 1. The Morgan fingerprint density at radius 2 is 1.52 bits per heavy atom. The van der Waals surface area contributed by atoms with Crippen molar-refractivity contribution in [3.8, 4) is 11.5 Å². The van der Waals surface area contributed by atoms with Gasteiger partial charge in [-0.2, -0.15) is 0 Å². The van der Waals surface area contributed by atoms with Crippen molar-refractivity contribution in [3.63, 3.8) is 0 Å². The summed E-state index contributed by atoms with van der Waals surface area (Å²) in [6.45, 7) is 7.69. The first kappa shape index (κ1) is 29.0. The van der Waals surface area contributed by atoms with E-state index in [-0.39, 0.29) is 64.7 Å². The van der Waals surface area contributed by atoms with Crippen molar-refractivity contribution >= 4 is 40.5 Å². The molecule has 0 spiro atoms. The van der Waals surface area contributed by atoms with Crippen LogP contribution in [0.2, 0.25) is 0 Å². The number of carbonyl (C=O) groups excluding carboxylic acids is 4. The van der Waals surface area contributed by atoms with E-state index < -0.39 is 41.3 Å². The highest BCUT2D eigenvalue weighted by Crippen LogP contribution is 2.36. The monoisotopic (exact) mass is 578 g/mol. The summed E-state index contributed by atoms with van der Waals surface area (Å²) in [7, 11) is 0. The van der Waals surface area contributed by atoms with Crippen molar-refractivity contribution in [2.75, 3.05) is 32.0 Å². The summed E-state index contributed by atoms with van der Waals surface area (Å²) in [6.07, 6.45) is 2.10. The largest absolute Gasteiger partial charge is 0.464 e.